The molecular formula is C33H33N5O6S. The summed E-state index contributed by atoms with van der Waals surface area (Å²) >= 11 is 0. The fourth-order valence-electron chi connectivity index (χ4n) is 4.10. The van der Waals surface area contributed by atoms with Gasteiger partial charge in [0.25, 0.3) is 11.8 Å². The summed E-state index contributed by atoms with van der Waals surface area (Å²) in [6, 6.07) is 30.9. The van der Waals surface area contributed by atoms with Gasteiger partial charge in [-0.3, -0.25) is 14.4 Å². The van der Waals surface area contributed by atoms with Crippen molar-refractivity contribution in [2.75, 3.05) is 18.5 Å². The predicted octanol–water partition coefficient (Wildman–Crippen LogP) is 3.68. The lowest BCUT2D eigenvalue weighted by molar-refractivity contribution is -0.123. The summed E-state index contributed by atoms with van der Waals surface area (Å²) < 4.78 is 33.6. The molecule has 45 heavy (non-hydrogen) atoms. The minimum Gasteiger partial charge on any atom is -0.484 e. The summed E-state index contributed by atoms with van der Waals surface area (Å²) in [6.45, 7) is 1.10. The van der Waals surface area contributed by atoms with E-state index in [9.17, 15) is 22.8 Å². The first kappa shape index (κ1) is 32.6. The molecule has 0 fully saturated rings. The first-order valence-corrected chi connectivity index (χ1v) is 15.4. The maximum Gasteiger partial charge on any atom is 0.258 e. The van der Waals surface area contributed by atoms with Crippen LogP contribution in [0.5, 0.6) is 5.75 Å². The summed E-state index contributed by atoms with van der Waals surface area (Å²) in [5, 5.41) is 9.35. The second-order valence-electron chi connectivity index (χ2n) is 9.88. The number of carbonyl (C=O) groups is 3. The van der Waals surface area contributed by atoms with Gasteiger partial charge in [0.1, 0.15) is 5.75 Å². The number of benzene rings is 4. The van der Waals surface area contributed by atoms with E-state index in [2.05, 4.69) is 21.2 Å². The minimum atomic E-state index is -4.09. The Morgan fingerprint density at radius 2 is 1.42 bits per heavy atom. The first-order chi connectivity index (χ1) is 21.7. The number of rotatable bonds is 14. The zero-order valence-corrected chi connectivity index (χ0v) is 25.4. The Morgan fingerprint density at radius 1 is 0.800 bits per heavy atom. The van der Waals surface area contributed by atoms with Crippen LogP contribution in [0.3, 0.4) is 0 Å². The molecule has 0 saturated heterocycles. The molecule has 0 aliphatic carbocycles. The Bertz CT molecular complexity index is 1710. The molecule has 0 radical (unpaired) electrons. The van der Waals surface area contributed by atoms with Crippen molar-refractivity contribution in [1.82, 2.24) is 15.0 Å². The number of hydrogen-bond acceptors (Lipinski definition) is 7. The van der Waals surface area contributed by atoms with Gasteiger partial charge < -0.3 is 15.4 Å². The standard InChI is InChI=1S/C33H33N5O6S/c1-25(39)36-29-14-18-31(19-15-29)45(42,43)38(22-28-10-6-3-7-11-28)23-32(40)37-35-21-27-12-16-30(17-13-27)44-24-33(41)34-20-26-8-4-2-5-9-26/h2-19,21H,20,22-24H2,1H3,(H,34,41)(H,36,39)(H,37,40)/b35-21+. The molecule has 11 nitrogen and oxygen atoms in total. The fourth-order valence-corrected chi connectivity index (χ4v) is 5.48. The molecule has 3 N–H and O–H groups in total. The van der Waals surface area contributed by atoms with Crippen LogP contribution in [0.2, 0.25) is 0 Å². The van der Waals surface area contributed by atoms with E-state index in [1.165, 1.54) is 37.4 Å². The van der Waals surface area contributed by atoms with E-state index in [1.54, 1.807) is 48.5 Å². The quantitative estimate of drug-likeness (QED) is 0.144. The highest BCUT2D eigenvalue weighted by atomic mass is 32.2. The predicted molar refractivity (Wildman–Crippen MR) is 171 cm³/mol. The molecule has 4 aromatic rings. The molecule has 12 heteroatoms. The first-order valence-electron chi connectivity index (χ1n) is 14.0. The monoisotopic (exact) mass is 627 g/mol. The maximum absolute atomic E-state index is 13.5. The Morgan fingerprint density at radius 3 is 2.04 bits per heavy atom. The fraction of sp³-hybridized carbons (Fsp3) is 0.152. The van der Waals surface area contributed by atoms with Crippen LogP contribution in [0, 0.1) is 0 Å². The molecule has 4 aromatic carbocycles. The number of ether oxygens (including phenoxy) is 1. The molecule has 0 spiro atoms. The molecule has 4 rings (SSSR count). The van der Waals surface area contributed by atoms with E-state index < -0.39 is 22.5 Å². The van der Waals surface area contributed by atoms with Crippen LogP contribution in [0.1, 0.15) is 23.6 Å². The van der Waals surface area contributed by atoms with Crippen LogP contribution in [0.4, 0.5) is 5.69 Å². The third-order valence-electron chi connectivity index (χ3n) is 6.32. The number of hydrogen-bond donors (Lipinski definition) is 3. The topological polar surface area (TPSA) is 146 Å². The normalized spacial score (nSPS) is 11.2. The summed E-state index contributed by atoms with van der Waals surface area (Å²) in [4.78, 5) is 36.2. The molecule has 0 saturated carbocycles. The highest BCUT2D eigenvalue weighted by Gasteiger charge is 2.27. The van der Waals surface area contributed by atoms with E-state index in [0.717, 1.165) is 9.87 Å². The van der Waals surface area contributed by atoms with Crippen molar-refractivity contribution >= 4 is 39.6 Å². The van der Waals surface area contributed by atoms with Gasteiger partial charge in [0.15, 0.2) is 6.61 Å². The van der Waals surface area contributed by atoms with Gasteiger partial charge in [-0.05, 0) is 65.2 Å². The summed E-state index contributed by atoms with van der Waals surface area (Å²) in [5.41, 5.74) is 5.16. The molecule has 0 bridgehead atoms. The van der Waals surface area contributed by atoms with Crippen molar-refractivity contribution in [3.05, 3.63) is 126 Å². The maximum atomic E-state index is 13.5. The third kappa shape index (κ3) is 10.4. The van der Waals surface area contributed by atoms with Crippen LogP contribution < -0.4 is 20.8 Å². The third-order valence-corrected chi connectivity index (χ3v) is 8.13. The van der Waals surface area contributed by atoms with Crippen molar-refractivity contribution in [3.63, 3.8) is 0 Å². The second kappa shape index (κ2) is 15.9. The van der Waals surface area contributed by atoms with Crippen LogP contribution in [0.15, 0.2) is 119 Å². The summed E-state index contributed by atoms with van der Waals surface area (Å²) in [6.07, 6.45) is 1.41. The molecule has 0 atom stereocenters. The zero-order chi connectivity index (χ0) is 32.1. The number of amides is 3. The lowest BCUT2D eigenvalue weighted by Gasteiger charge is -2.21. The van der Waals surface area contributed by atoms with E-state index in [4.69, 9.17) is 4.74 Å². The molecule has 232 valence electrons. The average molecular weight is 628 g/mol. The largest absolute Gasteiger partial charge is 0.484 e. The van der Waals surface area contributed by atoms with Gasteiger partial charge in [-0.1, -0.05) is 60.7 Å². The number of nitrogens with zero attached hydrogens (tertiary/aromatic N) is 2. The van der Waals surface area contributed by atoms with E-state index >= 15 is 0 Å². The van der Waals surface area contributed by atoms with Gasteiger partial charge in [0.2, 0.25) is 15.9 Å². The molecule has 0 heterocycles. The van der Waals surface area contributed by atoms with E-state index in [0.29, 0.717) is 29.1 Å². The Kier molecular flexibility index (Phi) is 11.5. The van der Waals surface area contributed by atoms with Crippen LogP contribution >= 0.6 is 0 Å². The lowest BCUT2D eigenvalue weighted by Crippen LogP contribution is -2.39. The smallest absolute Gasteiger partial charge is 0.258 e. The van der Waals surface area contributed by atoms with Crippen LogP contribution in [-0.2, 0) is 37.5 Å². The minimum absolute atomic E-state index is 0.0279. The molecule has 0 aliphatic rings. The van der Waals surface area contributed by atoms with Crippen molar-refractivity contribution in [2.24, 2.45) is 5.10 Å². The SMILES string of the molecule is CC(=O)Nc1ccc(S(=O)(=O)N(CC(=O)N/N=C/c2ccc(OCC(=O)NCc3ccccc3)cc2)Cc2ccccc2)cc1. The number of carbonyl (C=O) groups excluding carboxylic acids is 3. The summed E-state index contributed by atoms with van der Waals surface area (Å²) in [7, 11) is -4.09. The summed E-state index contributed by atoms with van der Waals surface area (Å²) in [5.74, 6) is -0.686. The van der Waals surface area contributed by atoms with Crippen LogP contribution in [0.25, 0.3) is 0 Å². The number of nitrogens with one attached hydrogen (secondary N) is 3. The Balaban J connectivity index is 1.32. The highest BCUT2D eigenvalue weighted by molar-refractivity contribution is 7.89. The highest BCUT2D eigenvalue weighted by Crippen LogP contribution is 2.21. The van der Waals surface area contributed by atoms with Gasteiger partial charge in [-0.25, -0.2) is 13.8 Å². The molecule has 3 amide bonds. The molecule has 0 aliphatic heterocycles. The second-order valence-corrected chi connectivity index (χ2v) is 11.8. The molecule has 0 aromatic heterocycles. The van der Waals surface area contributed by atoms with Gasteiger partial charge in [0.05, 0.1) is 17.7 Å². The van der Waals surface area contributed by atoms with E-state index in [-0.39, 0.29) is 29.9 Å². The molecular weight excluding hydrogens is 594 g/mol. The van der Waals surface area contributed by atoms with Crippen molar-refractivity contribution < 1.29 is 27.5 Å². The van der Waals surface area contributed by atoms with Gasteiger partial charge in [-0.2, -0.15) is 9.41 Å². The van der Waals surface area contributed by atoms with E-state index in [1.807, 2.05) is 36.4 Å². The van der Waals surface area contributed by atoms with Crippen molar-refractivity contribution in [1.29, 1.82) is 0 Å². The van der Waals surface area contributed by atoms with Gasteiger partial charge in [-0.15, -0.1) is 0 Å². The van der Waals surface area contributed by atoms with Gasteiger partial charge >= 0.3 is 0 Å². The number of hydrazone groups is 1. The zero-order valence-electron chi connectivity index (χ0n) is 24.6. The average Bonchev–Trinajstić information content (AvgIpc) is 3.04. The number of anilines is 1. The Labute approximate surface area is 262 Å². The molecule has 0 unspecified atom stereocenters. The van der Waals surface area contributed by atoms with Crippen molar-refractivity contribution in [2.45, 2.75) is 24.9 Å². The van der Waals surface area contributed by atoms with Crippen molar-refractivity contribution in [3.8, 4) is 5.75 Å². The van der Waals surface area contributed by atoms with Gasteiger partial charge in [0, 0.05) is 25.7 Å². The Hall–Kier alpha value is -5.33. The van der Waals surface area contributed by atoms with Crippen LogP contribution in [-0.4, -0.2) is 49.8 Å². The number of sulfonamides is 1. The lowest BCUT2D eigenvalue weighted by atomic mass is 10.2.